The van der Waals surface area contributed by atoms with Gasteiger partial charge in [-0.3, -0.25) is 0 Å². The number of hydrazine groups is 1. The van der Waals surface area contributed by atoms with E-state index in [1.54, 1.807) is 65.8 Å². The van der Waals surface area contributed by atoms with E-state index in [0.717, 1.165) is 5.01 Å². The molecule has 1 aromatic rings. The van der Waals surface area contributed by atoms with Crippen molar-refractivity contribution in [2.24, 2.45) is 0 Å². The molecule has 0 saturated carbocycles. The molecule has 0 saturated heterocycles. The van der Waals surface area contributed by atoms with Gasteiger partial charge in [-0.15, -0.1) is 0 Å². The van der Waals surface area contributed by atoms with Gasteiger partial charge in [0.05, 0.1) is 0 Å². The molecule has 1 heterocycles. The summed E-state index contributed by atoms with van der Waals surface area (Å²) in [7, 11) is -1.17. The lowest BCUT2D eigenvalue weighted by Crippen LogP contribution is -2.51. The number of rotatable bonds is 3. The molecule has 0 radical (unpaired) electrons. The van der Waals surface area contributed by atoms with E-state index in [1.165, 1.54) is 0 Å². The van der Waals surface area contributed by atoms with Crippen LogP contribution in [0.3, 0.4) is 0 Å². The van der Waals surface area contributed by atoms with Gasteiger partial charge in [-0.1, -0.05) is 31.2 Å². The number of allylic oxidation sites excluding steroid dienone is 1. The average molecular weight is 418 g/mol. The molecule has 0 fully saturated rings. The Morgan fingerprint density at radius 2 is 1.70 bits per heavy atom. The zero-order valence-corrected chi connectivity index (χ0v) is 18.7. The lowest BCUT2D eigenvalue weighted by molar-refractivity contribution is 0.0138. The summed E-state index contributed by atoms with van der Waals surface area (Å²) in [5.74, 6) is 0.366. The monoisotopic (exact) mass is 418 g/mol. The lowest BCUT2D eigenvalue weighted by atomic mass is 9.73. The van der Waals surface area contributed by atoms with Crippen molar-refractivity contribution in [2.75, 3.05) is 0 Å². The molecule has 0 unspecified atom stereocenters. The van der Waals surface area contributed by atoms with E-state index in [0.29, 0.717) is 35.3 Å². The second-order valence-electron chi connectivity index (χ2n) is 9.01. The zero-order chi connectivity index (χ0) is 22.7. The molecule has 0 aromatic heterocycles. The third-order valence-corrected chi connectivity index (χ3v) is 3.88. The highest BCUT2D eigenvalue weighted by Gasteiger charge is 2.38. The fourth-order valence-corrected chi connectivity index (χ4v) is 2.87. The van der Waals surface area contributed by atoms with E-state index < -0.39 is 30.5 Å². The number of carbonyl (C=O) groups excluding carboxylic acids is 2. The smallest absolute Gasteiger partial charge is 0.534 e. The van der Waals surface area contributed by atoms with Crippen LogP contribution in [0.15, 0.2) is 30.0 Å². The van der Waals surface area contributed by atoms with Gasteiger partial charge in [0, 0.05) is 17.4 Å². The van der Waals surface area contributed by atoms with Crippen molar-refractivity contribution in [2.45, 2.75) is 72.5 Å². The van der Waals surface area contributed by atoms with Crippen molar-refractivity contribution in [3.05, 3.63) is 35.6 Å². The molecular formula is C21H31BN2O6. The van der Waals surface area contributed by atoms with Crippen LogP contribution in [0.2, 0.25) is 0 Å². The molecule has 2 N–H and O–H groups in total. The van der Waals surface area contributed by atoms with Crippen molar-refractivity contribution in [3.63, 3.8) is 0 Å². The Labute approximate surface area is 178 Å². The molecule has 1 aromatic carbocycles. The van der Waals surface area contributed by atoms with E-state index in [4.69, 9.17) is 14.1 Å². The number of hydrogen-bond acceptors (Lipinski definition) is 6. The highest BCUT2D eigenvalue weighted by atomic mass is 16.6. The van der Waals surface area contributed by atoms with Crippen molar-refractivity contribution in [3.8, 4) is 0 Å². The van der Waals surface area contributed by atoms with Crippen LogP contribution < -0.4 is 10.9 Å². The first-order valence-electron chi connectivity index (χ1n) is 10.0. The van der Waals surface area contributed by atoms with Gasteiger partial charge in [-0.05, 0) is 48.0 Å². The van der Waals surface area contributed by atoms with Crippen molar-refractivity contribution < 1.29 is 28.7 Å². The number of nitrogens with one attached hydrogen (secondary N) is 1. The average Bonchev–Trinajstić information content (AvgIpc) is 2.58. The molecule has 2 amide bonds. The van der Waals surface area contributed by atoms with Gasteiger partial charge < -0.3 is 19.2 Å². The Morgan fingerprint density at radius 1 is 1.10 bits per heavy atom. The predicted molar refractivity (Wildman–Crippen MR) is 114 cm³/mol. The number of ether oxygens (including phenoxy) is 2. The standard InChI is InChI=1S/C21H31BN2O6/c1-8-11-16-17(14-12-9-10-13-15(14)22(27)30-16)24(19(26)29-21(5,6)7)23-18(25)28-20(2,3)4/h9-10,12-13,27H,8,11H2,1-7H3,(H,23,25). The van der Waals surface area contributed by atoms with Crippen LogP contribution in [0.5, 0.6) is 0 Å². The molecule has 9 heteroatoms. The molecule has 0 bridgehead atoms. The van der Waals surface area contributed by atoms with Gasteiger partial charge in [-0.25, -0.2) is 15.0 Å². The number of hydrogen-bond donors (Lipinski definition) is 2. The topological polar surface area (TPSA) is 97.3 Å². The third-order valence-electron chi connectivity index (χ3n) is 3.88. The first-order chi connectivity index (χ1) is 13.8. The summed E-state index contributed by atoms with van der Waals surface area (Å²) in [6, 6.07) is 6.98. The minimum atomic E-state index is -1.17. The Morgan fingerprint density at radius 3 is 2.27 bits per heavy atom. The van der Waals surface area contributed by atoms with Crippen LogP contribution in [0.25, 0.3) is 5.70 Å². The van der Waals surface area contributed by atoms with Gasteiger partial charge in [0.2, 0.25) is 0 Å². The maximum Gasteiger partial charge on any atom is 0.560 e. The zero-order valence-electron chi connectivity index (χ0n) is 18.7. The van der Waals surface area contributed by atoms with Crippen molar-refractivity contribution >= 4 is 30.5 Å². The lowest BCUT2D eigenvalue weighted by Gasteiger charge is -2.34. The molecule has 0 spiro atoms. The number of nitrogens with zero attached hydrogens (tertiary/aromatic N) is 1. The van der Waals surface area contributed by atoms with E-state index in [-0.39, 0.29) is 0 Å². The Kier molecular flexibility index (Phi) is 7.08. The van der Waals surface area contributed by atoms with E-state index in [2.05, 4.69) is 5.43 Å². The Balaban J connectivity index is 2.56. The number of carbonyl (C=O) groups is 2. The summed E-state index contributed by atoms with van der Waals surface area (Å²) in [5, 5.41) is 11.4. The van der Waals surface area contributed by atoms with Gasteiger partial charge >= 0.3 is 19.3 Å². The highest BCUT2D eigenvalue weighted by Crippen LogP contribution is 2.30. The Hall–Kier alpha value is -2.68. The van der Waals surface area contributed by atoms with Gasteiger partial charge in [0.25, 0.3) is 0 Å². The van der Waals surface area contributed by atoms with E-state index in [9.17, 15) is 14.6 Å². The molecule has 2 rings (SSSR count). The van der Waals surface area contributed by atoms with Crippen molar-refractivity contribution in [1.29, 1.82) is 0 Å². The fraction of sp³-hybridized carbons (Fsp3) is 0.524. The molecule has 164 valence electrons. The van der Waals surface area contributed by atoms with Crippen LogP contribution in [-0.2, 0) is 14.1 Å². The molecule has 1 aliphatic heterocycles. The largest absolute Gasteiger partial charge is 0.560 e. The summed E-state index contributed by atoms with van der Waals surface area (Å²) >= 11 is 0. The van der Waals surface area contributed by atoms with E-state index in [1.807, 2.05) is 6.92 Å². The second kappa shape index (κ2) is 8.99. The molecule has 8 nitrogen and oxygen atoms in total. The van der Waals surface area contributed by atoms with Crippen LogP contribution in [0.1, 0.15) is 66.9 Å². The van der Waals surface area contributed by atoms with Crippen LogP contribution in [-0.4, -0.2) is 40.5 Å². The summed E-state index contributed by atoms with van der Waals surface area (Å²) in [6.07, 6.45) is -0.481. The van der Waals surface area contributed by atoms with Crippen LogP contribution in [0, 0.1) is 0 Å². The molecule has 1 aliphatic rings. The molecule has 30 heavy (non-hydrogen) atoms. The Bertz CT molecular complexity index is 826. The molecule has 0 aliphatic carbocycles. The molecule has 0 atom stereocenters. The fourth-order valence-electron chi connectivity index (χ4n) is 2.87. The van der Waals surface area contributed by atoms with E-state index >= 15 is 0 Å². The van der Waals surface area contributed by atoms with Gasteiger partial charge in [-0.2, -0.15) is 5.01 Å². The quantitative estimate of drug-likeness (QED) is 0.576. The normalized spacial score (nSPS) is 13.9. The SMILES string of the molecule is CCCC1=C(N(NC(=O)OC(C)(C)C)C(=O)OC(C)(C)C)c2ccccc2B(O)O1. The summed E-state index contributed by atoms with van der Waals surface area (Å²) in [6.45, 7) is 12.3. The predicted octanol–water partition coefficient (Wildman–Crippen LogP) is 3.55. The maximum absolute atomic E-state index is 13.1. The maximum atomic E-state index is 13.1. The summed E-state index contributed by atoms with van der Waals surface area (Å²) < 4.78 is 16.6. The highest BCUT2D eigenvalue weighted by molar-refractivity contribution is 6.62. The number of amides is 2. The van der Waals surface area contributed by atoms with Gasteiger partial charge in [0.15, 0.2) is 0 Å². The minimum absolute atomic E-state index is 0.304. The van der Waals surface area contributed by atoms with Crippen LogP contribution in [0.4, 0.5) is 9.59 Å². The van der Waals surface area contributed by atoms with Gasteiger partial charge in [0.1, 0.15) is 22.7 Å². The van der Waals surface area contributed by atoms with Crippen LogP contribution >= 0.6 is 0 Å². The third kappa shape index (κ3) is 6.16. The second-order valence-corrected chi connectivity index (χ2v) is 9.01. The summed E-state index contributed by atoms with van der Waals surface area (Å²) in [5.41, 5.74) is 2.26. The summed E-state index contributed by atoms with van der Waals surface area (Å²) in [4.78, 5) is 25.6. The minimum Gasteiger partial charge on any atom is -0.534 e. The first-order valence-corrected chi connectivity index (χ1v) is 10.0. The first kappa shape index (κ1) is 23.6. The number of benzene rings is 1. The molecular weight excluding hydrogens is 387 g/mol. The number of fused-ring (bicyclic) bond motifs is 1. The van der Waals surface area contributed by atoms with Crippen molar-refractivity contribution in [1.82, 2.24) is 10.4 Å².